The van der Waals surface area contributed by atoms with Crippen LogP contribution >= 0.6 is 11.6 Å². The van der Waals surface area contributed by atoms with Crippen LogP contribution < -0.4 is 4.72 Å². The molecule has 1 unspecified atom stereocenters. The van der Waals surface area contributed by atoms with Crippen LogP contribution in [0.15, 0.2) is 47.4 Å². The van der Waals surface area contributed by atoms with Crippen LogP contribution in [0.5, 0.6) is 0 Å². The Morgan fingerprint density at radius 2 is 1.83 bits per heavy atom. The van der Waals surface area contributed by atoms with Gasteiger partial charge in [-0.15, -0.1) is 11.6 Å². The molecule has 0 saturated heterocycles. The molecule has 0 bridgehead atoms. The van der Waals surface area contributed by atoms with Crippen molar-refractivity contribution in [2.45, 2.75) is 17.9 Å². The zero-order valence-electron chi connectivity index (χ0n) is 9.93. The number of hydrogen-bond acceptors (Lipinski definition) is 2. The van der Waals surface area contributed by atoms with Gasteiger partial charge in [-0.05, 0) is 18.4 Å². The van der Waals surface area contributed by atoms with Gasteiger partial charge in [0, 0.05) is 17.3 Å². The molecule has 5 heteroatoms. The predicted octanol–water partition coefficient (Wildman–Crippen LogP) is 2.75. The SMILES string of the molecule is CC(CCl)NS(=O)(=O)c1cccc2ccccc12. The first-order valence-corrected chi connectivity index (χ1v) is 7.62. The fourth-order valence-electron chi connectivity index (χ4n) is 1.79. The fraction of sp³-hybridized carbons (Fsp3) is 0.231. The van der Waals surface area contributed by atoms with Crippen LogP contribution in [0.25, 0.3) is 10.8 Å². The number of halogens is 1. The van der Waals surface area contributed by atoms with Crippen LogP contribution in [0.1, 0.15) is 6.92 Å². The summed E-state index contributed by atoms with van der Waals surface area (Å²) in [6, 6.07) is 12.3. The maximum atomic E-state index is 12.2. The van der Waals surface area contributed by atoms with Gasteiger partial charge in [-0.3, -0.25) is 0 Å². The van der Waals surface area contributed by atoms with E-state index in [9.17, 15) is 8.42 Å². The van der Waals surface area contributed by atoms with Crippen molar-refractivity contribution >= 4 is 32.4 Å². The van der Waals surface area contributed by atoms with Crippen molar-refractivity contribution in [2.24, 2.45) is 0 Å². The van der Waals surface area contributed by atoms with E-state index < -0.39 is 10.0 Å². The first kappa shape index (κ1) is 13.3. The highest BCUT2D eigenvalue weighted by Crippen LogP contribution is 2.22. The standard InChI is InChI=1S/C13H14ClNO2S/c1-10(9-14)15-18(16,17)13-8-4-6-11-5-2-3-7-12(11)13/h2-8,10,15H,9H2,1H3. The molecule has 0 fully saturated rings. The summed E-state index contributed by atoms with van der Waals surface area (Å²) >= 11 is 5.64. The average Bonchev–Trinajstić information content (AvgIpc) is 2.37. The van der Waals surface area contributed by atoms with Gasteiger partial charge in [0.2, 0.25) is 10.0 Å². The topological polar surface area (TPSA) is 46.2 Å². The molecule has 3 nitrogen and oxygen atoms in total. The van der Waals surface area contributed by atoms with Crippen molar-refractivity contribution in [3.8, 4) is 0 Å². The molecule has 0 aromatic heterocycles. The summed E-state index contributed by atoms with van der Waals surface area (Å²) in [6.07, 6.45) is 0. The molecule has 0 heterocycles. The van der Waals surface area contributed by atoms with Gasteiger partial charge in [0.1, 0.15) is 0 Å². The molecule has 0 radical (unpaired) electrons. The van der Waals surface area contributed by atoms with Gasteiger partial charge >= 0.3 is 0 Å². The number of fused-ring (bicyclic) bond motifs is 1. The minimum atomic E-state index is -3.53. The van der Waals surface area contributed by atoms with Crippen molar-refractivity contribution in [1.82, 2.24) is 4.72 Å². The van der Waals surface area contributed by atoms with Crippen molar-refractivity contribution in [2.75, 3.05) is 5.88 Å². The Hall–Kier alpha value is -1.10. The van der Waals surface area contributed by atoms with Gasteiger partial charge in [-0.25, -0.2) is 13.1 Å². The number of sulfonamides is 1. The van der Waals surface area contributed by atoms with E-state index in [1.165, 1.54) is 0 Å². The van der Waals surface area contributed by atoms with Gasteiger partial charge in [-0.2, -0.15) is 0 Å². The molecular weight excluding hydrogens is 270 g/mol. The van der Waals surface area contributed by atoms with Gasteiger partial charge in [0.05, 0.1) is 4.90 Å². The fourth-order valence-corrected chi connectivity index (χ4v) is 3.43. The minimum absolute atomic E-state index is 0.240. The third-order valence-corrected chi connectivity index (χ3v) is 4.74. The molecule has 0 aliphatic rings. The summed E-state index contributed by atoms with van der Waals surface area (Å²) in [5.41, 5.74) is 0. The molecule has 0 saturated carbocycles. The first-order valence-electron chi connectivity index (χ1n) is 5.60. The van der Waals surface area contributed by atoms with Crippen LogP contribution in [0.3, 0.4) is 0 Å². The van der Waals surface area contributed by atoms with Crippen LogP contribution in [-0.4, -0.2) is 20.3 Å². The lowest BCUT2D eigenvalue weighted by molar-refractivity contribution is 0.571. The molecule has 0 spiro atoms. The lowest BCUT2D eigenvalue weighted by atomic mass is 10.1. The average molecular weight is 284 g/mol. The van der Waals surface area contributed by atoms with Crippen molar-refractivity contribution in [1.29, 1.82) is 0 Å². The maximum absolute atomic E-state index is 12.2. The van der Waals surface area contributed by atoms with Gasteiger partial charge < -0.3 is 0 Å². The van der Waals surface area contributed by atoms with Crippen LogP contribution in [0.4, 0.5) is 0 Å². The molecule has 96 valence electrons. The monoisotopic (exact) mass is 283 g/mol. The summed E-state index contributed by atoms with van der Waals surface area (Å²) < 4.78 is 27.0. The van der Waals surface area contributed by atoms with E-state index in [4.69, 9.17) is 11.6 Å². The Morgan fingerprint density at radius 1 is 1.17 bits per heavy atom. The molecule has 1 atom stereocenters. The number of rotatable bonds is 4. The largest absolute Gasteiger partial charge is 0.241 e. The second-order valence-corrected chi connectivity index (χ2v) is 6.14. The number of hydrogen-bond donors (Lipinski definition) is 1. The Bertz CT molecular complexity index is 650. The van der Waals surface area contributed by atoms with Gasteiger partial charge in [-0.1, -0.05) is 36.4 Å². The molecule has 1 N–H and O–H groups in total. The maximum Gasteiger partial charge on any atom is 0.241 e. The highest BCUT2D eigenvalue weighted by Gasteiger charge is 2.18. The second-order valence-electron chi connectivity index (χ2n) is 4.15. The molecule has 2 aromatic rings. The van der Waals surface area contributed by atoms with Gasteiger partial charge in [0.15, 0.2) is 0 Å². The van der Waals surface area contributed by atoms with E-state index in [-0.39, 0.29) is 16.8 Å². The molecule has 2 aromatic carbocycles. The highest BCUT2D eigenvalue weighted by atomic mass is 35.5. The normalized spacial score (nSPS) is 13.7. The summed E-state index contributed by atoms with van der Waals surface area (Å²) in [4.78, 5) is 0.289. The zero-order valence-corrected chi connectivity index (χ0v) is 11.5. The zero-order chi connectivity index (χ0) is 13.2. The van der Waals surface area contributed by atoms with Crippen LogP contribution in [0.2, 0.25) is 0 Å². The van der Waals surface area contributed by atoms with E-state index in [2.05, 4.69) is 4.72 Å². The van der Waals surface area contributed by atoms with E-state index in [1.54, 1.807) is 25.1 Å². The quantitative estimate of drug-likeness (QED) is 0.877. The molecule has 18 heavy (non-hydrogen) atoms. The lowest BCUT2D eigenvalue weighted by Gasteiger charge is -2.13. The Labute approximate surface area is 112 Å². The molecule has 0 aliphatic carbocycles. The van der Waals surface area contributed by atoms with Crippen molar-refractivity contribution < 1.29 is 8.42 Å². The Balaban J connectivity index is 2.54. The molecule has 2 rings (SSSR count). The summed E-state index contributed by atoms with van der Waals surface area (Å²) in [7, 11) is -3.53. The van der Waals surface area contributed by atoms with Crippen LogP contribution in [-0.2, 0) is 10.0 Å². The highest BCUT2D eigenvalue weighted by molar-refractivity contribution is 7.89. The molecule has 0 amide bonds. The Kier molecular flexibility index (Phi) is 3.90. The summed E-state index contributed by atoms with van der Waals surface area (Å²) in [5, 5.41) is 1.62. The third kappa shape index (κ3) is 2.66. The van der Waals surface area contributed by atoms with E-state index in [1.807, 2.05) is 24.3 Å². The minimum Gasteiger partial charge on any atom is -0.207 e. The second kappa shape index (κ2) is 5.26. The number of alkyl halides is 1. The summed E-state index contributed by atoms with van der Waals surface area (Å²) in [5.74, 6) is 0.240. The van der Waals surface area contributed by atoms with Crippen LogP contribution in [0, 0.1) is 0 Å². The molecule has 0 aliphatic heterocycles. The smallest absolute Gasteiger partial charge is 0.207 e. The molecular formula is C13H14ClNO2S. The predicted molar refractivity (Wildman–Crippen MR) is 74.5 cm³/mol. The van der Waals surface area contributed by atoms with Crippen molar-refractivity contribution in [3.63, 3.8) is 0 Å². The van der Waals surface area contributed by atoms with Gasteiger partial charge in [0.25, 0.3) is 0 Å². The van der Waals surface area contributed by atoms with E-state index in [0.29, 0.717) is 5.39 Å². The number of benzene rings is 2. The van der Waals surface area contributed by atoms with E-state index in [0.717, 1.165) is 5.39 Å². The van der Waals surface area contributed by atoms with E-state index >= 15 is 0 Å². The lowest BCUT2D eigenvalue weighted by Crippen LogP contribution is -2.33. The summed E-state index contributed by atoms with van der Waals surface area (Å²) in [6.45, 7) is 1.73. The number of nitrogens with one attached hydrogen (secondary N) is 1. The third-order valence-electron chi connectivity index (χ3n) is 2.63. The van der Waals surface area contributed by atoms with Crippen molar-refractivity contribution in [3.05, 3.63) is 42.5 Å². The Morgan fingerprint density at radius 3 is 2.56 bits per heavy atom. The first-order chi connectivity index (χ1) is 8.54.